The monoisotopic (exact) mass is 434 g/mol. The number of amides is 1. The Kier molecular flexibility index (Phi) is 6.21. The number of benzene rings is 3. The smallest absolute Gasteiger partial charge is 0.264 e. The molecule has 1 aliphatic heterocycles. The number of aliphatic imine (C=N–C) groups is 1. The zero-order chi connectivity index (χ0) is 20.9. The average Bonchev–Trinajstić information content (AvgIpc) is 3.08. The highest BCUT2D eigenvalue weighted by Gasteiger charge is 2.23. The molecule has 6 heteroatoms. The molecule has 1 saturated heterocycles. The van der Waals surface area contributed by atoms with Crippen molar-refractivity contribution in [2.75, 3.05) is 0 Å². The molecule has 0 unspecified atom stereocenters. The molecule has 0 aliphatic carbocycles. The highest BCUT2D eigenvalue weighted by Crippen LogP contribution is 2.29. The second-order valence-corrected chi connectivity index (χ2v) is 8.27. The second-order valence-electron chi connectivity index (χ2n) is 6.80. The summed E-state index contributed by atoms with van der Waals surface area (Å²) in [5.41, 5.74) is 3.95. The molecule has 3 aromatic rings. The summed E-state index contributed by atoms with van der Waals surface area (Å²) >= 11 is 7.21. The summed E-state index contributed by atoms with van der Waals surface area (Å²) in [5.74, 6) is 0.585. The number of amidine groups is 1. The first kappa shape index (κ1) is 20.3. The van der Waals surface area contributed by atoms with Crippen molar-refractivity contribution in [2.45, 2.75) is 13.5 Å². The molecule has 4 nitrogen and oxygen atoms in total. The number of hydrogen-bond donors (Lipinski definition) is 1. The standard InChI is InChI=1S/C24H19ClN2O2S/c1-16-5-7-17(8-6-16)15-29-21-4-2-3-18(13-21)14-22-23(28)27-24(30-22)26-20-11-9-19(25)10-12-20/h2-14H,15H2,1H3,(H,26,27,28)/b22-14-. The summed E-state index contributed by atoms with van der Waals surface area (Å²) < 4.78 is 5.90. The van der Waals surface area contributed by atoms with Crippen molar-refractivity contribution in [1.82, 2.24) is 5.32 Å². The molecule has 0 spiro atoms. The fraction of sp³-hybridized carbons (Fsp3) is 0.0833. The van der Waals surface area contributed by atoms with Gasteiger partial charge in [-0.15, -0.1) is 0 Å². The maximum absolute atomic E-state index is 12.3. The van der Waals surface area contributed by atoms with Crippen LogP contribution in [0, 0.1) is 6.92 Å². The van der Waals surface area contributed by atoms with Crippen molar-refractivity contribution in [2.24, 2.45) is 4.99 Å². The van der Waals surface area contributed by atoms with E-state index in [1.807, 2.05) is 30.3 Å². The van der Waals surface area contributed by atoms with E-state index in [2.05, 4.69) is 41.5 Å². The zero-order valence-electron chi connectivity index (χ0n) is 16.3. The molecule has 3 aromatic carbocycles. The average molecular weight is 435 g/mol. The van der Waals surface area contributed by atoms with E-state index in [1.165, 1.54) is 17.3 Å². The van der Waals surface area contributed by atoms with Crippen LogP contribution in [0.15, 0.2) is 82.7 Å². The number of carbonyl (C=O) groups is 1. The first-order valence-corrected chi connectivity index (χ1v) is 10.6. The van der Waals surface area contributed by atoms with Crippen LogP contribution in [-0.4, -0.2) is 11.1 Å². The van der Waals surface area contributed by atoms with E-state index < -0.39 is 0 Å². The summed E-state index contributed by atoms with van der Waals surface area (Å²) in [6, 6.07) is 23.1. The fourth-order valence-electron chi connectivity index (χ4n) is 2.81. The minimum atomic E-state index is -0.168. The third kappa shape index (κ3) is 5.32. The molecule has 0 aromatic heterocycles. The van der Waals surface area contributed by atoms with E-state index in [1.54, 1.807) is 24.3 Å². The molecule has 0 radical (unpaired) electrons. The summed E-state index contributed by atoms with van der Waals surface area (Å²) in [4.78, 5) is 17.4. The van der Waals surface area contributed by atoms with Crippen molar-refractivity contribution < 1.29 is 9.53 Å². The van der Waals surface area contributed by atoms with E-state index in [4.69, 9.17) is 16.3 Å². The molecule has 1 N–H and O–H groups in total. The van der Waals surface area contributed by atoms with Gasteiger partial charge in [-0.1, -0.05) is 53.6 Å². The summed E-state index contributed by atoms with van der Waals surface area (Å²) in [6.45, 7) is 2.55. The molecule has 4 rings (SSSR count). The van der Waals surface area contributed by atoms with E-state index >= 15 is 0 Å². The molecule has 150 valence electrons. The lowest BCUT2D eigenvalue weighted by Gasteiger charge is -2.07. The molecular weight excluding hydrogens is 416 g/mol. The lowest BCUT2D eigenvalue weighted by molar-refractivity contribution is -0.115. The molecule has 0 atom stereocenters. The molecule has 1 heterocycles. The summed E-state index contributed by atoms with van der Waals surface area (Å²) in [6.07, 6.45) is 1.84. The van der Waals surface area contributed by atoms with Gasteiger partial charge in [0, 0.05) is 5.02 Å². The fourth-order valence-corrected chi connectivity index (χ4v) is 3.78. The number of nitrogens with one attached hydrogen (secondary N) is 1. The highest BCUT2D eigenvalue weighted by molar-refractivity contribution is 8.18. The van der Waals surface area contributed by atoms with Crippen molar-refractivity contribution in [3.8, 4) is 5.75 Å². The maximum Gasteiger partial charge on any atom is 0.264 e. The van der Waals surface area contributed by atoms with Crippen molar-refractivity contribution in [3.63, 3.8) is 0 Å². The van der Waals surface area contributed by atoms with Crippen LogP contribution in [0.25, 0.3) is 6.08 Å². The van der Waals surface area contributed by atoms with Gasteiger partial charge in [0.1, 0.15) is 12.4 Å². The van der Waals surface area contributed by atoms with Gasteiger partial charge in [-0.05, 0) is 72.3 Å². The predicted octanol–water partition coefficient (Wildman–Crippen LogP) is 6.12. The Morgan fingerprint density at radius 2 is 1.83 bits per heavy atom. The first-order valence-electron chi connectivity index (χ1n) is 9.39. The van der Waals surface area contributed by atoms with Crippen LogP contribution in [0.5, 0.6) is 5.75 Å². The molecule has 1 aliphatic rings. The molecule has 1 amide bonds. The minimum absolute atomic E-state index is 0.168. The number of rotatable bonds is 5. The van der Waals surface area contributed by atoms with Gasteiger partial charge in [-0.2, -0.15) is 0 Å². The Morgan fingerprint density at radius 3 is 2.60 bits per heavy atom. The molecular formula is C24H19ClN2O2S. The molecule has 30 heavy (non-hydrogen) atoms. The predicted molar refractivity (Wildman–Crippen MR) is 124 cm³/mol. The molecule has 0 saturated carbocycles. The Labute approximate surface area is 184 Å². The SMILES string of the molecule is Cc1ccc(COc2cccc(/C=C3\SC(=Nc4ccc(Cl)cc4)NC3=O)c2)cc1. The Bertz CT molecular complexity index is 1120. The summed E-state index contributed by atoms with van der Waals surface area (Å²) in [7, 11) is 0. The number of halogens is 1. The number of thioether (sulfide) groups is 1. The van der Waals surface area contributed by atoms with Crippen molar-refractivity contribution >= 4 is 46.2 Å². The number of hydrogen-bond acceptors (Lipinski definition) is 4. The Morgan fingerprint density at radius 1 is 1.07 bits per heavy atom. The normalized spacial score (nSPS) is 16.1. The van der Waals surface area contributed by atoms with Gasteiger partial charge < -0.3 is 10.1 Å². The first-order chi connectivity index (χ1) is 14.5. The van der Waals surface area contributed by atoms with Gasteiger partial charge in [0.25, 0.3) is 5.91 Å². The van der Waals surface area contributed by atoms with Crippen LogP contribution < -0.4 is 10.1 Å². The highest BCUT2D eigenvalue weighted by atomic mass is 35.5. The molecule has 1 fully saturated rings. The quantitative estimate of drug-likeness (QED) is 0.492. The third-order valence-electron chi connectivity index (χ3n) is 4.39. The van der Waals surface area contributed by atoms with Gasteiger partial charge >= 0.3 is 0 Å². The van der Waals surface area contributed by atoms with E-state index in [9.17, 15) is 4.79 Å². The maximum atomic E-state index is 12.3. The van der Waals surface area contributed by atoms with Gasteiger partial charge in [-0.25, -0.2) is 4.99 Å². The Hall–Kier alpha value is -3.02. The van der Waals surface area contributed by atoms with E-state index in [-0.39, 0.29) is 5.91 Å². The van der Waals surface area contributed by atoms with Crippen LogP contribution in [0.4, 0.5) is 5.69 Å². The van der Waals surface area contributed by atoms with Crippen molar-refractivity contribution in [1.29, 1.82) is 0 Å². The van der Waals surface area contributed by atoms with Gasteiger partial charge in [0.15, 0.2) is 5.17 Å². The number of nitrogens with zero attached hydrogens (tertiary/aromatic N) is 1. The lowest BCUT2D eigenvalue weighted by Crippen LogP contribution is -2.19. The van der Waals surface area contributed by atoms with Gasteiger partial charge in [0.2, 0.25) is 0 Å². The van der Waals surface area contributed by atoms with Crippen LogP contribution in [-0.2, 0) is 11.4 Å². The second kappa shape index (κ2) is 9.20. The topological polar surface area (TPSA) is 50.7 Å². The van der Waals surface area contributed by atoms with Crippen LogP contribution in [0.2, 0.25) is 5.02 Å². The molecule has 0 bridgehead atoms. The van der Waals surface area contributed by atoms with Crippen LogP contribution in [0.3, 0.4) is 0 Å². The van der Waals surface area contributed by atoms with E-state index in [0.29, 0.717) is 21.7 Å². The van der Waals surface area contributed by atoms with Crippen LogP contribution >= 0.6 is 23.4 Å². The zero-order valence-corrected chi connectivity index (χ0v) is 17.8. The van der Waals surface area contributed by atoms with Crippen LogP contribution in [0.1, 0.15) is 16.7 Å². The number of ether oxygens (including phenoxy) is 1. The van der Waals surface area contributed by atoms with E-state index in [0.717, 1.165) is 22.6 Å². The number of carbonyl (C=O) groups excluding carboxylic acids is 1. The minimum Gasteiger partial charge on any atom is -0.489 e. The summed E-state index contributed by atoms with van der Waals surface area (Å²) in [5, 5.41) is 3.98. The van der Waals surface area contributed by atoms with Gasteiger partial charge in [0.05, 0.1) is 10.6 Å². The largest absolute Gasteiger partial charge is 0.489 e. The van der Waals surface area contributed by atoms with Gasteiger partial charge in [-0.3, -0.25) is 4.79 Å². The van der Waals surface area contributed by atoms with Crippen molar-refractivity contribution in [3.05, 3.63) is 99.4 Å². The number of aryl methyl sites for hydroxylation is 1. The lowest BCUT2D eigenvalue weighted by atomic mass is 10.1. The third-order valence-corrected chi connectivity index (χ3v) is 5.55. The Balaban J connectivity index is 1.45.